The number of nitrogens with zero attached hydrogens (tertiary/aromatic N) is 2. The van der Waals surface area contributed by atoms with Crippen molar-refractivity contribution in [2.24, 2.45) is 0 Å². The summed E-state index contributed by atoms with van der Waals surface area (Å²) >= 11 is 0. The molecule has 2 aromatic carbocycles. The number of hydrogen-bond donors (Lipinski definition) is 1. The molecule has 1 saturated carbocycles. The molecule has 0 saturated heterocycles. The van der Waals surface area contributed by atoms with E-state index in [0.717, 1.165) is 35.6 Å². The molecule has 2 aliphatic rings. The molecule has 198 valence electrons. The topological polar surface area (TPSA) is 113 Å². The molecular weight excluding hydrogens is 494 g/mol. The van der Waals surface area contributed by atoms with Crippen molar-refractivity contribution >= 4 is 27.7 Å². The second kappa shape index (κ2) is 11.3. The van der Waals surface area contributed by atoms with Crippen molar-refractivity contribution in [1.29, 1.82) is 0 Å². The first kappa shape index (κ1) is 26.7. The largest absolute Gasteiger partial charge is 0.497 e. The van der Waals surface area contributed by atoms with Crippen LogP contribution in [0, 0.1) is 0 Å². The van der Waals surface area contributed by atoms with Crippen LogP contribution in [0.1, 0.15) is 61.4 Å². The van der Waals surface area contributed by atoms with Gasteiger partial charge in [0.1, 0.15) is 16.7 Å². The van der Waals surface area contributed by atoms with E-state index in [0.29, 0.717) is 12.2 Å². The maximum Gasteiger partial charge on any atom is 0.269 e. The number of hydrogen-bond acceptors (Lipinski definition) is 6. The van der Waals surface area contributed by atoms with Gasteiger partial charge in [-0.3, -0.25) is 14.4 Å². The fourth-order valence-corrected chi connectivity index (χ4v) is 6.62. The molecule has 37 heavy (non-hydrogen) atoms. The Morgan fingerprint density at radius 1 is 1.14 bits per heavy atom. The quantitative estimate of drug-likeness (QED) is 0.508. The number of carbonyl (C=O) groups excluding carboxylic acids is 3. The molecule has 1 aliphatic heterocycles. The minimum Gasteiger partial charge on any atom is -0.497 e. The Labute approximate surface area is 217 Å². The minimum atomic E-state index is -4.03. The molecule has 0 unspecified atom stereocenters. The van der Waals surface area contributed by atoms with Gasteiger partial charge in [-0.15, -0.1) is 0 Å². The Morgan fingerprint density at radius 2 is 1.86 bits per heavy atom. The summed E-state index contributed by atoms with van der Waals surface area (Å²) in [5.74, 6) is -0.647. The molecule has 2 aromatic rings. The zero-order chi connectivity index (χ0) is 26.6. The first-order chi connectivity index (χ1) is 17.8. The van der Waals surface area contributed by atoms with Crippen LogP contribution in [-0.4, -0.2) is 61.1 Å². The first-order valence-electron chi connectivity index (χ1n) is 12.6. The average molecular weight is 528 g/mol. The summed E-state index contributed by atoms with van der Waals surface area (Å²) in [5, 5.41) is 3.08. The van der Waals surface area contributed by atoms with Gasteiger partial charge in [-0.05, 0) is 49.1 Å². The molecule has 0 bridgehead atoms. The molecule has 0 aromatic heterocycles. The van der Waals surface area contributed by atoms with Crippen molar-refractivity contribution < 1.29 is 27.5 Å². The van der Waals surface area contributed by atoms with E-state index in [9.17, 15) is 22.8 Å². The van der Waals surface area contributed by atoms with Crippen LogP contribution in [0.25, 0.3) is 0 Å². The maximum atomic E-state index is 13.6. The number of carbonyl (C=O) groups is 3. The van der Waals surface area contributed by atoms with Crippen LogP contribution in [0.15, 0.2) is 53.4 Å². The van der Waals surface area contributed by atoms with Gasteiger partial charge in [0.2, 0.25) is 11.8 Å². The maximum absolute atomic E-state index is 13.6. The predicted molar refractivity (Wildman–Crippen MR) is 137 cm³/mol. The summed E-state index contributed by atoms with van der Waals surface area (Å²) in [7, 11) is -2.47. The molecule has 1 N–H and O–H groups in total. The second-order valence-electron chi connectivity index (χ2n) is 9.42. The van der Waals surface area contributed by atoms with Crippen LogP contribution < -0.4 is 10.1 Å². The van der Waals surface area contributed by atoms with Crippen molar-refractivity contribution in [3.8, 4) is 5.75 Å². The molecule has 0 radical (unpaired) electrons. The zero-order valence-corrected chi connectivity index (χ0v) is 22.0. The number of benzene rings is 2. The van der Waals surface area contributed by atoms with Crippen molar-refractivity contribution in [2.45, 2.75) is 69.0 Å². The number of amides is 3. The molecule has 10 heteroatoms. The van der Waals surface area contributed by atoms with Gasteiger partial charge in [-0.1, -0.05) is 44.0 Å². The highest BCUT2D eigenvalue weighted by atomic mass is 32.2. The molecule has 3 amide bonds. The summed E-state index contributed by atoms with van der Waals surface area (Å²) in [6, 6.07) is 12.6. The van der Waals surface area contributed by atoms with Gasteiger partial charge in [0.15, 0.2) is 0 Å². The summed E-state index contributed by atoms with van der Waals surface area (Å²) in [5.41, 5.74) is 0.877. The highest BCUT2D eigenvalue weighted by Crippen LogP contribution is 2.30. The number of sulfonamides is 1. The molecule has 4 rings (SSSR count). The van der Waals surface area contributed by atoms with Gasteiger partial charge in [0.05, 0.1) is 12.7 Å². The van der Waals surface area contributed by atoms with Crippen molar-refractivity contribution in [3.63, 3.8) is 0 Å². The van der Waals surface area contributed by atoms with E-state index in [1.54, 1.807) is 31.4 Å². The van der Waals surface area contributed by atoms with E-state index in [2.05, 4.69) is 5.32 Å². The summed E-state index contributed by atoms with van der Waals surface area (Å²) in [4.78, 5) is 41.1. The third-order valence-electron chi connectivity index (χ3n) is 7.02. The zero-order valence-electron chi connectivity index (χ0n) is 21.2. The number of fused-ring (bicyclic) bond motifs is 1. The second-order valence-corrected chi connectivity index (χ2v) is 11.2. The van der Waals surface area contributed by atoms with Crippen LogP contribution in [0.5, 0.6) is 5.75 Å². The van der Waals surface area contributed by atoms with Crippen LogP contribution >= 0.6 is 0 Å². The van der Waals surface area contributed by atoms with Crippen LogP contribution in [0.3, 0.4) is 0 Å². The van der Waals surface area contributed by atoms with Crippen LogP contribution in [0.4, 0.5) is 0 Å². The van der Waals surface area contributed by atoms with E-state index in [1.165, 1.54) is 17.0 Å². The highest BCUT2D eigenvalue weighted by molar-refractivity contribution is 7.90. The van der Waals surface area contributed by atoms with Crippen molar-refractivity contribution in [2.75, 3.05) is 13.7 Å². The van der Waals surface area contributed by atoms with E-state index in [4.69, 9.17) is 4.74 Å². The normalized spacial score (nSPS) is 17.4. The third kappa shape index (κ3) is 5.64. The minimum absolute atomic E-state index is 0.0527. The fourth-order valence-electron chi connectivity index (χ4n) is 5.05. The van der Waals surface area contributed by atoms with Gasteiger partial charge in [0, 0.05) is 25.6 Å². The van der Waals surface area contributed by atoms with Crippen LogP contribution in [-0.2, 0) is 26.2 Å². The number of methoxy groups -OCH3 is 1. The Kier molecular flexibility index (Phi) is 8.16. The van der Waals surface area contributed by atoms with Crippen molar-refractivity contribution in [1.82, 2.24) is 14.5 Å². The molecule has 1 heterocycles. The van der Waals surface area contributed by atoms with Gasteiger partial charge >= 0.3 is 0 Å². The third-order valence-corrected chi connectivity index (χ3v) is 8.86. The van der Waals surface area contributed by atoms with E-state index < -0.39 is 27.9 Å². The molecule has 1 atom stereocenters. The summed E-state index contributed by atoms with van der Waals surface area (Å²) in [6.45, 7) is 1.69. The Balaban J connectivity index is 1.54. The number of nitrogens with one attached hydrogen (secondary N) is 1. The number of ether oxygens (including phenoxy) is 1. The lowest BCUT2D eigenvalue weighted by Gasteiger charge is -2.32. The Bertz CT molecular complexity index is 1270. The monoisotopic (exact) mass is 527 g/mol. The van der Waals surface area contributed by atoms with Gasteiger partial charge < -0.3 is 15.0 Å². The fraction of sp³-hybridized carbons (Fsp3) is 0.444. The molecular formula is C27H33N3O6S. The molecule has 1 fully saturated rings. The van der Waals surface area contributed by atoms with Crippen molar-refractivity contribution in [3.05, 3.63) is 59.7 Å². The van der Waals surface area contributed by atoms with Crippen LogP contribution in [0.2, 0.25) is 0 Å². The summed E-state index contributed by atoms with van der Waals surface area (Å²) in [6.07, 6.45) is 4.11. The first-order valence-corrected chi connectivity index (χ1v) is 14.1. The molecule has 9 nitrogen and oxygen atoms in total. The smallest absolute Gasteiger partial charge is 0.269 e. The van der Waals surface area contributed by atoms with Gasteiger partial charge in [0.25, 0.3) is 15.9 Å². The van der Waals surface area contributed by atoms with Gasteiger partial charge in [-0.2, -0.15) is 0 Å². The lowest BCUT2D eigenvalue weighted by molar-refractivity contribution is -0.141. The Hall–Kier alpha value is -3.40. The van der Waals surface area contributed by atoms with E-state index >= 15 is 0 Å². The predicted octanol–water partition coefficient (Wildman–Crippen LogP) is 3.10. The number of rotatable bonds is 10. The lowest BCUT2D eigenvalue weighted by Crippen LogP contribution is -2.51. The van der Waals surface area contributed by atoms with E-state index in [1.807, 2.05) is 19.1 Å². The molecule has 0 spiro atoms. The van der Waals surface area contributed by atoms with Gasteiger partial charge in [-0.25, -0.2) is 12.7 Å². The highest BCUT2D eigenvalue weighted by Gasteiger charge is 2.41. The van der Waals surface area contributed by atoms with E-state index in [-0.39, 0.29) is 41.9 Å². The SMILES string of the molecule is CC[C@@H](C(=O)NC1CCCC1)N(Cc1cccc(OC)c1)C(=O)CCN1C(=O)c2ccccc2S1(=O)=O. The lowest BCUT2D eigenvalue weighted by atomic mass is 10.1. The Morgan fingerprint density at radius 3 is 2.54 bits per heavy atom. The standard InChI is InChI=1S/C27H33N3O6S/c1-3-23(26(32)28-20-10-4-5-11-20)29(18-19-9-8-12-21(17-19)36-2)25(31)15-16-30-27(33)22-13-6-7-14-24(22)37(30,34)35/h6-9,12-14,17,20,23H,3-5,10-11,15-16,18H2,1-2H3,(H,28,32)/t23-/m0/s1. The average Bonchev–Trinajstić information content (AvgIpc) is 3.47. The molecule has 1 aliphatic carbocycles. The summed E-state index contributed by atoms with van der Waals surface area (Å²) < 4.78 is 31.9.